The van der Waals surface area contributed by atoms with Gasteiger partial charge in [-0.1, -0.05) is 24.3 Å². The molecule has 0 radical (unpaired) electrons. The predicted molar refractivity (Wildman–Crippen MR) is 82.6 cm³/mol. The van der Waals surface area contributed by atoms with E-state index in [4.69, 9.17) is 0 Å². The van der Waals surface area contributed by atoms with Crippen molar-refractivity contribution in [3.8, 4) is 0 Å². The lowest BCUT2D eigenvalue weighted by Gasteiger charge is -2.03. The lowest BCUT2D eigenvalue weighted by Crippen LogP contribution is -2.17. The molecule has 3 aromatic rings. The highest BCUT2D eigenvalue weighted by molar-refractivity contribution is 5.83. The molecule has 3 nitrogen and oxygen atoms in total. The van der Waals surface area contributed by atoms with Crippen LogP contribution in [0.3, 0.4) is 0 Å². The summed E-state index contributed by atoms with van der Waals surface area (Å²) >= 11 is 0. The first-order valence-electron chi connectivity index (χ1n) is 6.98. The number of hydrogen-bond acceptors (Lipinski definition) is 2. The van der Waals surface area contributed by atoms with Gasteiger partial charge in [0.25, 0.3) is 0 Å². The standard InChI is InChI=1S/C17H19N3/c1-20-13-14(16-7-2-3-8-17(16)20)9-11-18-12-15-6-4-5-10-19-15/h2-8,10,13,18H,9,11-12H2,1H3. The Hall–Kier alpha value is -2.13. The molecule has 0 unspecified atom stereocenters. The Labute approximate surface area is 119 Å². The highest BCUT2D eigenvalue weighted by Crippen LogP contribution is 2.20. The Bertz CT molecular complexity index is 686. The van der Waals surface area contributed by atoms with Crippen LogP contribution in [0.5, 0.6) is 0 Å². The number of pyridine rings is 1. The number of nitrogens with zero attached hydrogens (tertiary/aromatic N) is 2. The third kappa shape index (κ3) is 2.73. The Morgan fingerprint density at radius 3 is 2.80 bits per heavy atom. The van der Waals surface area contributed by atoms with Gasteiger partial charge in [-0.25, -0.2) is 0 Å². The maximum absolute atomic E-state index is 4.31. The van der Waals surface area contributed by atoms with Gasteiger partial charge in [-0.2, -0.15) is 0 Å². The fourth-order valence-corrected chi connectivity index (χ4v) is 2.57. The molecule has 1 N–H and O–H groups in total. The van der Waals surface area contributed by atoms with Crippen LogP contribution >= 0.6 is 0 Å². The van der Waals surface area contributed by atoms with Gasteiger partial charge >= 0.3 is 0 Å². The van der Waals surface area contributed by atoms with Crippen molar-refractivity contribution in [2.24, 2.45) is 7.05 Å². The second-order valence-electron chi connectivity index (χ2n) is 5.03. The van der Waals surface area contributed by atoms with Crippen LogP contribution in [0.15, 0.2) is 54.9 Å². The van der Waals surface area contributed by atoms with E-state index < -0.39 is 0 Å². The van der Waals surface area contributed by atoms with E-state index in [1.165, 1.54) is 16.5 Å². The average Bonchev–Trinajstić information content (AvgIpc) is 2.82. The molecule has 3 heteroatoms. The molecule has 1 aromatic carbocycles. The third-order valence-corrected chi connectivity index (χ3v) is 3.58. The first kappa shape index (κ1) is 12.9. The number of para-hydroxylation sites is 1. The van der Waals surface area contributed by atoms with Gasteiger partial charge in [0.2, 0.25) is 0 Å². The van der Waals surface area contributed by atoms with Gasteiger partial charge in [0.1, 0.15) is 0 Å². The molecule has 2 aromatic heterocycles. The fourth-order valence-electron chi connectivity index (χ4n) is 2.57. The molecule has 20 heavy (non-hydrogen) atoms. The summed E-state index contributed by atoms with van der Waals surface area (Å²) in [5.74, 6) is 0. The van der Waals surface area contributed by atoms with Crippen LogP contribution in [0.4, 0.5) is 0 Å². The molecule has 0 aliphatic rings. The van der Waals surface area contributed by atoms with Crippen molar-refractivity contribution in [3.63, 3.8) is 0 Å². The van der Waals surface area contributed by atoms with Gasteiger partial charge in [0.15, 0.2) is 0 Å². The second-order valence-corrected chi connectivity index (χ2v) is 5.03. The Morgan fingerprint density at radius 1 is 1.10 bits per heavy atom. The minimum atomic E-state index is 0.825. The molecule has 0 fully saturated rings. The van der Waals surface area contributed by atoms with Crippen LogP contribution in [0.25, 0.3) is 10.9 Å². The zero-order chi connectivity index (χ0) is 13.8. The van der Waals surface area contributed by atoms with Gasteiger partial charge in [-0.05, 0) is 36.7 Å². The highest BCUT2D eigenvalue weighted by Gasteiger charge is 2.05. The normalized spacial score (nSPS) is 11.1. The van der Waals surface area contributed by atoms with E-state index in [1.54, 1.807) is 0 Å². The van der Waals surface area contributed by atoms with Crippen molar-refractivity contribution >= 4 is 10.9 Å². The number of aromatic nitrogens is 2. The zero-order valence-corrected chi connectivity index (χ0v) is 11.7. The van der Waals surface area contributed by atoms with Crippen molar-refractivity contribution in [2.75, 3.05) is 6.54 Å². The lowest BCUT2D eigenvalue weighted by atomic mass is 10.1. The molecular weight excluding hydrogens is 246 g/mol. The summed E-state index contributed by atoms with van der Waals surface area (Å²) in [4.78, 5) is 4.31. The molecule has 102 valence electrons. The molecule has 0 aliphatic heterocycles. The van der Waals surface area contributed by atoms with Crippen molar-refractivity contribution in [3.05, 3.63) is 66.1 Å². The quantitative estimate of drug-likeness (QED) is 0.719. The fraction of sp³-hybridized carbons (Fsp3) is 0.235. The van der Waals surface area contributed by atoms with Crippen LogP contribution in [0.1, 0.15) is 11.3 Å². The van der Waals surface area contributed by atoms with E-state index in [9.17, 15) is 0 Å². The number of hydrogen-bond donors (Lipinski definition) is 1. The molecule has 0 saturated heterocycles. The molecule has 3 rings (SSSR count). The van der Waals surface area contributed by atoms with E-state index in [0.717, 1.165) is 25.2 Å². The highest BCUT2D eigenvalue weighted by atomic mass is 14.9. The van der Waals surface area contributed by atoms with E-state index >= 15 is 0 Å². The van der Waals surface area contributed by atoms with Crippen LogP contribution in [0.2, 0.25) is 0 Å². The summed E-state index contributed by atoms with van der Waals surface area (Å²) in [5.41, 5.74) is 3.79. The number of fused-ring (bicyclic) bond motifs is 1. The molecule has 0 aliphatic carbocycles. The second kappa shape index (κ2) is 5.88. The van der Waals surface area contributed by atoms with Crippen molar-refractivity contribution < 1.29 is 0 Å². The largest absolute Gasteiger partial charge is 0.350 e. The van der Waals surface area contributed by atoms with Crippen LogP contribution in [-0.4, -0.2) is 16.1 Å². The summed E-state index contributed by atoms with van der Waals surface area (Å²) in [7, 11) is 2.10. The summed E-state index contributed by atoms with van der Waals surface area (Å²) in [6.45, 7) is 1.79. The van der Waals surface area contributed by atoms with Crippen LogP contribution < -0.4 is 5.32 Å². The molecule has 0 amide bonds. The van der Waals surface area contributed by atoms with Gasteiger partial charge < -0.3 is 9.88 Å². The zero-order valence-electron chi connectivity index (χ0n) is 11.7. The number of aryl methyl sites for hydroxylation is 1. The van der Waals surface area contributed by atoms with Crippen LogP contribution in [0, 0.1) is 0 Å². The Kier molecular flexibility index (Phi) is 3.79. The van der Waals surface area contributed by atoms with E-state index in [0.29, 0.717) is 0 Å². The molecular formula is C17H19N3. The first-order chi connectivity index (χ1) is 9.84. The van der Waals surface area contributed by atoms with Crippen molar-refractivity contribution in [1.82, 2.24) is 14.9 Å². The summed E-state index contributed by atoms with van der Waals surface area (Å²) in [6, 6.07) is 14.6. The van der Waals surface area contributed by atoms with Crippen molar-refractivity contribution in [1.29, 1.82) is 0 Å². The summed E-state index contributed by atoms with van der Waals surface area (Å²) in [5, 5.41) is 4.81. The van der Waals surface area contributed by atoms with E-state index in [-0.39, 0.29) is 0 Å². The Balaban J connectivity index is 1.60. The maximum atomic E-state index is 4.31. The number of rotatable bonds is 5. The van der Waals surface area contributed by atoms with Gasteiger partial charge in [0.05, 0.1) is 5.69 Å². The predicted octanol–water partition coefficient (Wildman–Crippen LogP) is 2.91. The number of nitrogens with one attached hydrogen (secondary N) is 1. The number of benzene rings is 1. The molecule has 0 atom stereocenters. The van der Waals surface area contributed by atoms with Gasteiger partial charge in [-0.3, -0.25) is 4.98 Å². The minimum absolute atomic E-state index is 0.825. The first-order valence-corrected chi connectivity index (χ1v) is 6.98. The van der Waals surface area contributed by atoms with Crippen molar-refractivity contribution in [2.45, 2.75) is 13.0 Å². The van der Waals surface area contributed by atoms with E-state index in [1.807, 2.05) is 24.4 Å². The van der Waals surface area contributed by atoms with Gasteiger partial charge in [0, 0.05) is 36.9 Å². The molecule has 2 heterocycles. The summed E-state index contributed by atoms with van der Waals surface area (Å²) in [6.07, 6.45) is 5.10. The molecule has 0 saturated carbocycles. The van der Waals surface area contributed by atoms with Gasteiger partial charge in [-0.15, -0.1) is 0 Å². The van der Waals surface area contributed by atoms with E-state index in [2.05, 4.69) is 52.4 Å². The SMILES string of the molecule is Cn1cc(CCNCc2ccccn2)c2ccccc21. The smallest absolute Gasteiger partial charge is 0.0541 e. The third-order valence-electron chi connectivity index (χ3n) is 3.58. The van der Waals surface area contributed by atoms with Crippen LogP contribution in [-0.2, 0) is 20.0 Å². The molecule has 0 bridgehead atoms. The average molecular weight is 265 g/mol. The lowest BCUT2D eigenvalue weighted by molar-refractivity contribution is 0.675. The minimum Gasteiger partial charge on any atom is -0.350 e. The Morgan fingerprint density at radius 2 is 1.95 bits per heavy atom. The summed E-state index contributed by atoms with van der Waals surface area (Å²) < 4.78 is 2.20. The molecule has 0 spiro atoms. The monoisotopic (exact) mass is 265 g/mol. The topological polar surface area (TPSA) is 29.9 Å². The maximum Gasteiger partial charge on any atom is 0.0541 e.